The van der Waals surface area contributed by atoms with Gasteiger partial charge in [-0.25, -0.2) is 9.97 Å². The molecule has 1 N–H and O–H groups in total. The van der Waals surface area contributed by atoms with E-state index in [0.29, 0.717) is 12.5 Å². The number of aliphatic hydroxyl groups is 1. The van der Waals surface area contributed by atoms with Gasteiger partial charge in [-0.15, -0.1) is 0 Å². The summed E-state index contributed by atoms with van der Waals surface area (Å²) in [6.07, 6.45) is 2.99. The van der Waals surface area contributed by atoms with Crippen LogP contribution in [0.15, 0.2) is 23.0 Å². The van der Waals surface area contributed by atoms with Gasteiger partial charge >= 0.3 is 0 Å². The van der Waals surface area contributed by atoms with Gasteiger partial charge in [0.05, 0.1) is 18.3 Å². The predicted octanol–water partition coefficient (Wildman–Crippen LogP) is 1.65. The average Bonchev–Trinajstić information content (AvgIpc) is 2.80. The second-order valence-electron chi connectivity index (χ2n) is 5.41. The second-order valence-corrected chi connectivity index (χ2v) is 5.41. The van der Waals surface area contributed by atoms with Gasteiger partial charge in [0.15, 0.2) is 5.76 Å². The Morgan fingerprint density at radius 2 is 2.15 bits per heavy atom. The molecule has 0 aliphatic heterocycles. The van der Waals surface area contributed by atoms with Crippen LogP contribution in [0.1, 0.15) is 35.9 Å². The lowest BCUT2D eigenvalue weighted by atomic mass is 9.80. The number of nitrogens with zero attached hydrogens (tertiary/aromatic N) is 4. The second kappa shape index (κ2) is 5.20. The molecule has 2 heterocycles. The fraction of sp³-hybridized carbons (Fsp3) is 0.500. The van der Waals surface area contributed by atoms with E-state index in [4.69, 9.17) is 4.52 Å². The monoisotopic (exact) mass is 274 g/mol. The molecule has 0 spiro atoms. The van der Waals surface area contributed by atoms with Gasteiger partial charge in [0.1, 0.15) is 12.1 Å². The van der Waals surface area contributed by atoms with Crippen LogP contribution in [0.3, 0.4) is 0 Å². The van der Waals surface area contributed by atoms with Crippen LogP contribution in [0.25, 0.3) is 0 Å². The van der Waals surface area contributed by atoms with E-state index in [2.05, 4.69) is 15.1 Å². The van der Waals surface area contributed by atoms with Crippen LogP contribution in [0.4, 0.5) is 5.82 Å². The van der Waals surface area contributed by atoms with Gasteiger partial charge in [0, 0.05) is 30.8 Å². The lowest BCUT2D eigenvalue weighted by molar-refractivity contribution is 0.0732. The van der Waals surface area contributed by atoms with E-state index >= 15 is 0 Å². The molecule has 0 unspecified atom stereocenters. The van der Waals surface area contributed by atoms with Crippen molar-refractivity contribution in [1.82, 2.24) is 15.1 Å². The molecule has 6 nitrogen and oxygen atoms in total. The van der Waals surface area contributed by atoms with Crippen molar-refractivity contribution in [3.63, 3.8) is 0 Å². The van der Waals surface area contributed by atoms with E-state index in [1.165, 1.54) is 0 Å². The van der Waals surface area contributed by atoms with Gasteiger partial charge in [0.25, 0.3) is 0 Å². The maximum Gasteiger partial charge on any atom is 0.156 e. The summed E-state index contributed by atoms with van der Waals surface area (Å²) in [5.74, 6) is 2.02. The molecule has 0 radical (unpaired) electrons. The van der Waals surface area contributed by atoms with E-state index in [0.717, 1.165) is 35.8 Å². The molecule has 0 saturated heterocycles. The number of aliphatic hydroxyl groups excluding tert-OH is 1. The fourth-order valence-corrected chi connectivity index (χ4v) is 2.43. The quantitative estimate of drug-likeness (QED) is 0.913. The summed E-state index contributed by atoms with van der Waals surface area (Å²) in [4.78, 5) is 10.6. The predicted molar refractivity (Wildman–Crippen MR) is 73.4 cm³/mol. The molecule has 6 heteroatoms. The van der Waals surface area contributed by atoms with E-state index in [9.17, 15) is 5.11 Å². The lowest BCUT2D eigenvalue weighted by Crippen LogP contribution is -2.27. The summed E-state index contributed by atoms with van der Waals surface area (Å²) in [6.45, 7) is 2.52. The van der Waals surface area contributed by atoms with Crippen molar-refractivity contribution in [3.8, 4) is 0 Å². The Morgan fingerprint density at radius 3 is 2.80 bits per heavy atom. The zero-order chi connectivity index (χ0) is 14.1. The smallest absolute Gasteiger partial charge is 0.156 e. The summed E-state index contributed by atoms with van der Waals surface area (Å²) < 4.78 is 5.21. The van der Waals surface area contributed by atoms with Crippen LogP contribution < -0.4 is 4.90 Å². The highest BCUT2D eigenvalue weighted by atomic mass is 16.5. The molecule has 0 atom stereocenters. The summed E-state index contributed by atoms with van der Waals surface area (Å²) in [5, 5.41) is 13.3. The third kappa shape index (κ3) is 2.65. The Kier molecular flexibility index (Phi) is 3.40. The minimum absolute atomic E-state index is 0.173. The molecule has 0 bridgehead atoms. The van der Waals surface area contributed by atoms with Crippen molar-refractivity contribution >= 4 is 5.82 Å². The van der Waals surface area contributed by atoms with Gasteiger partial charge in [-0.2, -0.15) is 0 Å². The Labute approximate surface area is 117 Å². The number of aryl methyl sites for hydroxylation is 1. The molecule has 2 aromatic heterocycles. The Bertz CT molecular complexity index is 592. The number of hydrogen-bond acceptors (Lipinski definition) is 6. The first kappa shape index (κ1) is 13.1. The van der Waals surface area contributed by atoms with Gasteiger partial charge in [0.2, 0.25) is 0 Å². The molecule has 1 saturated carbocycles. The minimum atomic E-state index is -0.173. The zero-order valence-corrected chi connectivity index (χ0v) is 11.7. The fourth-order valence-electron chi connectivity index (χ4n) is 2.43. The highest BCUT2D eigenvalue weighted by Gasteiger charge is 2.29. The van der Waals surface area contributed by atoms with Crippen molar-refractivity contribution in [2.24, 2.45) is 0 Å². The molecule has 0 aromatic carbocycles. The number of aromatic nitrogens is 3. The van der Waals surface area contributed by atoms with E-state index in [1.54, 1.807) is 6.33 Å². The lowest BCUT2D eigenvalue weighted by Gasteiger charge is -2.31. The van der Waals surface area contributed by atoms with Crippen molar-refractivity contribution < 1.29 is 9.63 Å². The highest BCUT2D eigenvalue weighted by molar-refractivity contribution is 5.39. The molecule has 1 aliphatic rings. The van der Waals surface area contributed by atoms with Crippen LogP contribution in [0.5, 0.6) is 0 Å². The van der Waals surface area contributed by atoms with Gasteiger partial charge < -0.3 is 14.5 Å². The third-order valence-corrected chi connectivity index (χ3v) is 3.67. The van der Waals surface area contributed by atoms with E-state index in [-0.39, 0.29) is 6.10 Å². The van der Waals surface area contributed by atoms with Crippen molar-refractivity contribution in [2.75, 3.05) is 11.9 Å². The number of hydrogen-bond donors (Lipinski definition) is 1. The van der Waals surface area contributed by atoms with Crippen LogP contribution in [0, 0.1) is 6.92 Å². The first-order chi connectivity index (χ1) is 9.61. The summed E-state index contributed by atoms with van der Waals surface area (Å²) >= 11 is 0. The van der Waals surface area contributed by atoms with Crippen LogP contribution in [-0.2, 0) is 6.54 Å². The van der Waals surface area contributed by atoms with Crippen LogP contribution in [-0.4, -0.2) is 33.4 Å². The minimum Gasteiger partial charge on any atom is -0.393 e. The number of rotatable bonds is 4. The largest absolute Gasteiger partial charge is 0.393 e. The van der Waals surface area contributed by atoms with Crippen LogP contribution in [0.2, 0.25) is 0 Å². The van der Waals surface area contributed by atoms with Gasteiger partial charge in [-0.3, -0.25) is 0 Å². The standard InChI is InChI=1S/C14H18N4O2/c1-9-3-12(20-17-9)7-18(2)14-6-13(15-8-16-14)10-4-11(19)5-10/h3,6,8,10-11,19H,4-5,7H2,1-2H3. The molecule has 1 aliphatic carbocycles. The van der Waals surface area contributed by atoms with E-state index in [1.807, 2.05) is 31.0 Å². The Balaban J connectivity index is 1.71. The van der Waals surface area contributed by atoms with Crippen molar-refractivity contribution in [1.29, 1.82) is 0 Å². The first-order valence-corrected chi connectivity index (χ1v) is 6.75. The first-order valence-electron chi connectivity index (χ1n) is 6.75. The SMILES string of the molecule is Cc1cc(CN(C)c2cc(C3CC(O)C3)ncn2)on1. The zero-order valence-electron chi connectivity index (χ0n) is 11.7. The number of anilines is 1. The molecule has 0 amide bonds. The van der Waals surface area contributed by atoms with Crippen LogP contribution >= 0.6 is 0 Å². The Morgan fingerprint density at radius 1 is 1.35 bits per heavy atom. The Hall–Kier alpha value is -1.95. The average molecular weight is 274 g/mol. The molecular formula is C14H18N4O2. The van der Waals surface area contributed by atoms with Gasteiger partial charge in [-0.1, -0.05) is 5.16 Å². The normalized spacial score (nSPS) is 21.6. The molecule has 106 valence electrons. The van der Waals surface area contributed by atoms with E-state index < -0.39 is 0 Å². The maximum atomic E-state index is 9.38. The van der Waals surface area contributed by atoms with Gasteiger partial charge in [-0.05, 0) is 19.8 Å². The molecule has 3 rings (SSSR count). The third-order valence-electron chi connectivity index (χ3n) is 3.67. The van der Waals surface area contributed by atoms with Crippen molar-refractivity contribution in [3.05, 3.63) is 35.6 Å². The topological polar surface area (TPSA) is 75.3 Å². The molecule has 2 aromatic rings. The maximum absolute atomic E-state index is 9.38. The highest BCUT2D eigenvalue weighted by Crippen LogP contribution is 2.36. The summed E-state index contributed by atoms with van der Waals surface area (Å²) in [5.41, 5.74) is 1.88. The summed E-state index contributed by atoms with van der Waals surface area (Å²) in [7, 11) is 1.96. The van der Waals surface area contributed by atoms with Crippen molar-refractivity contribution in [2.45, 2.75) is 38.3 Å². The molecule has 1 fully saturated rings. The molecule has 20 heavy (non-hydrogen) atoms. The summed E-state index contributed by atoms with van der Waals surface area (Å²) in [6, 6.07) is 3.90. The molecular weight excluding hydrogens is 256 g/mol.